The monoisotopic (exact) mass is 860 g/mol. The van der Waals surface area contributed by atoms with Gasteiger partial charge in [0, 0.05) is 38.8 Å². The summed E-state index contributed by atoms with van der Waals surface area (Å²) < 4.78 is 12.7. The lowest BCUT2D eigenvalue weighted by Gasteiger charge is -2.36. The van der Waals surface area contributed by atoms with Gasteiger partial charge in [-0.25, -0.2) is 4.79 Å². The number of piperidine rings is 1. The van der Waals surface area contributed by atoms with Gasteiger partial charge < -0.3 is 24.8 Å². The van der Waals surface area contributed by atoms with Crippen LogP contribution in [0.25, 0.3) is 11.1 Å². The second kappa shape index (κ2) is 32.7. The summed E-state index contributed by atoms with van der Waals surface area (Å²) in [6, 6.07) is 15.7. The molecule has 1 aliphatic carbocycles. The van der Waals surface area contributed by atoms with Gasteiger partial charge in [0.1, 0.15) is 6.04 Å². The molecule has 8 heteroatoms. The summed E-state index contributed by atoms with van der Waals surface area (Å²) >= 11 is 0. The number of unbranched alkanes of at least 4 members (excludes halogenated alkanes) is 22. The number of rotatable bonds is 37. The standard InChI is InChI=1S/C54H89N3O5/c1-3-5-7-9-11-13-15-17-19-21-23-32-40-61-45-46(62-41-33-24-22-20-18-16-14-12-10-8-6-4-2)42-55-53(58)52(44-56-38-30-25-31-39-56)57(54(59)60)43-51-49-36-28-26-34-47(49)48-35-27-29-37-50(48)51/h26-29,34-37,46,51-52H,3-25,30-33,38-45H2,1-2H3,(H,55,58)(H,59,60). The lowest BCUT2D eigenvalue weighted by molar-refractivity contribution is -0.127. The highest BCUT2D eigenvalue weighted by atomic mass is 16.5. The zero-order valence-corrected chi connectivity index (χ0v) is 39.6. The number of likely N-dealkylation sites (tertiary alicyclic amines) is 1. The van der Waals surface area contributed by atoms with Crippen LogP contribution >= 0.6 is 0 Å². The SMILES string of the molecule is CCCCCCCCCCCCCCOCC(CNC(=O)C(CN1CCCCC1)N(CC1c2ccccc2-c2ccccc21)C(=O)O)OCCCCCCCCCCCCCC. The van der Waals surface area contributed by atoms with E-state index in [9.17, 15) is 14.7 Å². The topological polar surface area (TPSA) is 91.3 Å². The van der Waals surface area contributed by atoms with Crippen molar-refractivity contribution in [3.8, 4) is 11.1 Å². The quantitative estimate of drug-likeness (QED) is 0.0658. The number of benzene rings is 2. The summed E-state index contributed by atoms with van der Waals surface area (Å²) in [5.41, 5.74) is 4.53. The van der Waals surface area contributed by atoms with Gasteiger partial charge in [-0.2, -0.15) is 0 Å². The highest BCUT2D eigenvalue weighted by molar-refractivity contribution is 5.86. The Kier molecular flexibility index (Phi) is 27.2. The maximum Gasteiger partial charge on any atom is 0.408 e. The summed E-state index contributed by atoms with van der Waals surface area (Å²) in [7, 11) is 0. The minimum absolute atomic E-state index is 0.143. The maximum absolute atomic E-state index is 14.4. The van der Waals surface area contributed by atoms with Gasteiger partial charge in [0.2, 0.25) is 5.91 Å². The molecule has 1 fully saturated rings. The molecule has 8 nitrogen and oxygen atoms in total. The van der Waals surface area contributed by atoms with E-state index in [4.69, 9.17) is 9.47 Å². The predicted octanol–water partition coefficient (Wildman–Crippen LogP) is 13.6. The van der Waals surface area contributed by atoms with Crippen molar-refractivity contribution in [1.29, 1.82) is 0 Å². The molecular formula is C54H89N3O5. The van der Waals surface area contributed by atoms with Crippen LogP contribution in [-0.2, 0) is 14.3 Å². The molecule has 2 atom stereocenters. The summed E-state index contributed by atoms with van der Waals surface area (Å²) in [6.45, 7) is 8.97. The van der Waals surface area contributed by atoms with Gasteiger partial charge in [-0.1, -0.05) is 210 Å². The van der Waals surface area contributed by atoms with Crippen LogP contribution in [0.5, 0.6) is 0 Å². The van der Waals surface area contributed by atoms with Crippen molar-refractivity contribution in [2.75, 3.05) is 52.5 Å². The number of nitrogens with one attached hydrogen (secondary N) is 1. The van der Waals surface area contributed by atoms with Crippen molar-refractivity contribution in [2.24, 2.45) is 0 Å². The number of hydrogen-bond acceptors (Lipinski definition) is 5. The van der Waals surface area contributed by atoms with Gasteiger partial charge in [-0.3, -0.25) is 9.69 Å². The Balaban J connectivity index is 1.29. The second-order valence-electron chi connectivity index (χ2n) is 18.6. The highest BCUT2D eigenvalue weighted by Gasteiger charge is 2.37. The number of fused-ring (bicyclic) bond motifs is 3. The number of hydrogen-bond donors (Lipinski definition) is 2. The van der Waals surface area contributed by atoms with Crippen LogP contribution in [0.4, 0.5) is 4.79 Å². The van der Waals surface area contributed by atoms with Crippen LogP contribution in [-0.4, -0.2) is 91.6 Å². The Morgan fingerprint density at radius 1 is 0.645 bits per heavy atom. The Bertz CT molecular complexity index is 1420. The van der Waals surface area contributed by atoms with E-state index in [1.165, 1.54) is 146 Å². The Labute approximate surface area is 378 Å². The van der Waals surface area contributed by atoms with E-state index in [-0.39, 0.29) is 24.5 Å². The van der Waals surface area contributed by atoms with Crippen LogP contribution in [0.3, 0.4) is 0 Å². The van der Waals surface area contributed by atoms with Crippen LogP contribution in [0, 0.1) is 0 Å². The molecule has 1 aliphatic heterocycles. The lowest BCUT2D eigenvalue weighted by atomic mass is 9.95. The van der Waals surface area contributed by atoms with E-state index in [0.29, 0.717) is 32.9 Å². The number of ether oxygens (including phenoxy) is 2. The van der Waals surface area contributed by atoms with Crippen molar-refractivity contribution >= 4 is 12.0 Å². The third kappa shape index (κ3) is 19.8. The molecule has 62 heavy (non-hydrogen) atoms. The first kappa shape index (κ1) is 51.7. The average molecular weight is 860 g/mol. The van der Waals surface area contributed by atoms with E-state index in [1.54, 1.807) is 0 Å². The molecule has 350 valence electrons. The van der Waals surface area contributed by atoms with E-state index in [2.05, 4.69) is 48.3 Å². The van der Waals surface area contributed by atoms with Crippen LogP contribution in [0.15, 0.2) is 48.5 Å². The lowest BCUT2D eigenvalue weighted by Crippen LogP contribution is -2.56. The molecule has 2 aromatic rings. The molecule has 4 rings (SSSR count). The van der Waals surface area contributed by atoms with Gasteiger partial charge in [-0.15, -0.1) is 0 Å². The third-order valence-electron chi connectivity index (χ3n) is 13.4. The normalized spacial score (nSPS) is 15.0. The Morgan fingerprint density at radius 2 is 1.10 bits per heavy atom. The third-order valence-corrected chi connectivity index (χ3v) is 13.4. The fourth-order valence-corrected chi connectivity index (χ4v) is 9.65. The number of carbonyl (C=O) groups is 2. The van der Waals surface area contributed by atoms with Crippen molar-refractivity contribution in [3.63, 3.8) is 0 Å². The average Bonchev–Trinajstić information content (AvgIpc) is 3.61. The molecule has 2 unspecified atom stereocenters. The molecule has 2 aromatic carbocycles. The Hall–Kier alpha value is -2.94. The van der Waals surface area contributed by atoms with Crippen LogP contribution in [0.2, 0.25) is 0 Å². The summed E-state index contributed by atoms with van der Waals surface area (Å²) in [5.74, 6) is -0.395. The first-order chi connectivity index (χ1) is 30.5. The van der Waals surface area contributed by atoms with Gasteiger partial charge in [0.05, 0.1) is 12.7 Å². The minimum Gasteiger partial charge on any atom is -0.465 e. The maximum atomic E-state index is 14.4. The largest absolute Gasteiger partial charge is 0.465 e. The van der Waals surface area contributed by atoms with Gasteiger partial charge >= 0.3 is 6.09 Å². The fourth-order valence-electron chi connectivity index (χ4n) is 9.65. The summed E-state index contributed by atoms with van der Waals surface area (Å²) in [4.78, 5) is 31.3. The molecule has 1 heterocycles. The number of carbonyl (C=O) groups excluding carboxylic acids is 1. The van der Waals surface area contributed by atoms with Crippen molar-refractivity contribution in [2.45, 2.75) is 205 Å². The van der Waals surface area contributed by atoms with Gasteiger partial charge in [0.25, 0.3) is 0 Å². The van der Waals surface area contributed by atoms with Crippen molar-refractivity contribution < 1.29 is 24.2 Å². The molecule has 0 radical (unpaired) electrons. The first-order valence-electron chi connectivity index (χ1n) is 25.9. The van der Waals surface area contributed by atoms with E-state index >= 15 is 0 Å². The molecule has 0 spiro atoms. The van der Waals surface area contributed by atoms with Crippen molar-refractivity contribution in [3.05, 3.63) is 59.7 Å². The zero-order chi connectivity index (χ0) is 43.9. The molecule has 1 saturated heterocycles. The summed E-state index contributed by atoms with van der Waals surface area (Å²) in [6.07, 6.45) is 33.2. The Morgan fingerprint density at radius 3 is 1.58 bits per heavy atom. The fraction of sp³-hybridized carbons (Fsp3) is 0.741. The van der Waals surface area contributed by atoms with Gasteiger partial charge in [0.15, 0.2) is 0 Å². The van der Waals surface area contributed by atoms with E-state index in [1.807, 2.05) is 24.3 Å². The second-order valence-corrected chi connectivity index (χ2v) is 18.6. The first-order valence-corrected chi connectivity index (χ1v) is 25.9. The zero-order valence-electron chi connectivity index (χ0n) is 39.6. The molecular weight excluding hydrogens is 771 g/mol. The van der Waals surface area contributed by atoms with E-state index in [0.717, 1.165) is 67.4 Å². The molecule has 2 amide bonds. The van der Waals surface area contributed by atoms with Crippen LogP contribution in [0.1, 0.15) is 204 Å². The van der Waals surface area contributed by atoms with Crippen molar-refractivity contribution in [1.82, 2.24) is 15.1 Å². The minimum atomic E-state index is -1.06. The smallest absolute Gasteiger partial charge is 0.408 e. The number of carboxylic acid groups (broad SMARTS) is 1. The highest BCUT2D eigenvalue weighted by Crippen LogP contribution is 2.45. The van der Waals surface area contributed by atoms with Crippen LogP contribution < -0.4 is 5.32 Å². The van der Waals surface area contributed by atoms with E-state index < -0.39 is 12.1 Å². The molecule has 2 N–H and O–H groups in total. The number of amides is 2. The molecule has 0 bridgehead atoms. The summed E-state index contributed by atoms with van der Waals surface area (Å²) in [5, 5.41) is 14.0. The predicted molar refractivity (Wildman–Crippen MR) is 258 cm³/mol. The molecule has 0 aromatic heterocycles. The van der Waals surface area contributed by atoms with Gasteiger partial charge in [-0.05, 0) is 61.0 Å². The molecule has 0 saturated carbocycles. The number of nitrogens with zero attached hydrogens (tertiary/aromatic N) is 2. The molecule has 2 aliphatic rings.